The Labute approximate surface area is 172 Å². The van der Waals surface area contributed by atoms with Crippen LogP contribution in [0.15, 0.2) is 9.53 Å². The molecule has 0 bridgehead atoms. The lowest BCUT2D eigenvalue weighted by atomic mass is 10.2. The van der Waals surface area contributed by atoms with E-state index in [4.69, 9.17) is 9.84 Å². The van der Waals surface area contributed by atoms with Gasteiger partial charge in [0, 0.05) is 31.9 Å². The predicted molar refractivity (Wildman–Crippen MR) is 110 cm³/mol. The molecule has 1 aliphatic heterocycles. The van der Waals surface area contributed by atoms with Gasteiger partial charge in [0.2, 0.25) is 10.5 Å². The summed E-state index contributed by atoms with van der Waals surface area (Å²) in [7, 11) is -0.366. The van der Waals surface area contributed by atoms with Crippen LogP contribution >= 0.6 is 15.9 Å². The summed E-state index contributed by atoms with van der Waals surface area (Å²) in [4.78, 5) is 31.8. The molecule has 0 unspecified atom stereocenters. The number of hydrogen-bond acceptors (Lipinski definition) is 6. The molecule has 1 amide bonds. The number of piperazine rings is 1. The molecule has 3 heterocycles. The molecule has 0 aliphatic carbocycles. The summed E-state index contributed by atoms with van der Waals surface area (Å²) in [5.41, 5.74) is 0.979. The monoisotopic (exact) mass is 471 g/mol. The standard InChI is InChI=1S/C16H23BrN6O4Si/c1-11-12(20-4-6-21(7-5-20)16(25)26)13(24)23-15(18-14(17)19-23)22(11)10-27-8-9-28(2)3/h4-10H2,1-3H3/p+1. The average Bonchev–Trinajstić information content (AvgIpc) is 3.03. The molecule has 1 N–H and O–H groups in total. The molecule has 1 aliphatic rings. The van der Waals surface area contributed by atoms with E-state index in [1.807, 2.05) is 16.4 Å². The van der Waals surface area contributed by atoms with E-state index in [0.29, 0.717) is 49.0 Å². The summed E-state index contributed by atoms with van der Waals surface area (Å²) >= 11 is 3.25. The van der Waals surface area contributed by atoms with Gasteiger partial charge in [0.15, 0.2) is 0 Å². The third kappa shape index (κ3) is 4.23. The largest absolute Gasteiger partial charge is 0.465 e. The molecule has 2 aromatic rings. The van der Waals surface area contributed by atoms with Crippen molar-refractivity contribution in [2.75, 3.05) is 37.7 Å². The zero-order chi connectivity index (χ0) is 20.4. The Hall–Kier alpha value is -1.92. The predicted octanol–water partition coefficient (Wildman–Crippen LogP) is 1.49. The van der Waals surface area contributed by atoms with Crippen molar-refractivity contribution in [1.29, 1.82) is 0 Å². The van der Waals surface area contributed by atoms with Crippen LogP contribution in [-0.2, 0) is 11.5 Å². The van der Waals surface area contributed by atoms with Crippen LogP contribution in [0.2, 0.25) is 19.1 Å². The number of nitrogens with zero attached hydrogens (tertiary/aromatic N) is 6. The number of carbonyl (C=O) groups is 1. The number of carboxylic acid groups (broad SMARTS) is 1. The van der Waals surface area contributed by atoms with Crippen LogP contribution in [0.5, 0.6) is 0 Å². The molecular weight excluding hydrogens is 448 g/mol. The van der Waals surface area contributed by atoms with Crippen LogP contribution < -0.4 is 10.5 Å². The zero-order valence-corrected chi connectivity index (χ0v) is 18.8. The maximum atomic E-state index is 13.1. The van der Waals surface area contributed by atoms with Crippen molar-refractivity contribution >= 4 is 42.3 Å². The molecule has 1 fully saturated rings. The Bertz CT molecular complexity index is 922. The first-order chi connectivity index (χ1) is 13.3. The Morgan fingerprint density at radius 2 is 1.96 bits per heavy atom. The smallest absolute Gasteiger partial charge is 0.407 e. The number of anilines is 1. The minimum atomic E-state index is -0.939. The van der Waals surface area contributed by atoms with Gasteiger partial charge in [0.1, 0.15) is 12.4 Å². The normalized spacial score (nSPS) is 14.7. The Balaban J connectivity index is 1.94. The van der Waals surface area contributed by atoms with Crippen LogP contribution in [0.4, 0.5) is 10.5 Å². The summed E-state index contributed by atoms with van der Waals surface area (Å²) in [6, 6.07) is 1.04. The van der Waals surface area contributed by atoms with E-state index in [0.717, 1.165) is 11.7 Å². The molecule has 0 atom stereocenters. The highest BCUT2D eigenvalue weighted by Gasteiger charge is 2.26. The van der Waals surface area contributed by atoms with Crippen LogP contribution in [0.1, 0.15) is 5.69 Å². The Kier molecular flexibility index (Phi) is 6.40. The number of fused-ring (bicyclic) bond motifs is 1. The van der Waals surface area contributed by atoms with Gasteiger partial charge in [-0.05, 0) is 22.9 Å². The zero-order valence-electron chi connectivity index (χ0n) is 16.2. The number of ether oxygens (including phenoxy) is 1. The Morgan fingerprint density at radius 1 is 1.29 bits per heavy atom. The van der Waals surface area contributed by atoms with Crippen molar-refractivity contribution in [2.24, 2.45) is 0 Å². The fourth-order valence-corrected chi connectivity index (χ4v) is 4.07. The molecule has 0 saturated carbocycles. The van der Waals surface area contributed by atoms with Crippen LogP contribution in [0.25, 0.3) is 5.78 Å². The lowest BCUT2D eigenvalue weighted by Crippen LogP contribution is -2.50. The molecule has 28 heavy (non-hydrogen) atoms. The summed E-state index contributed by atoms with van der Waals surface area (Å²) in [5, 5.41) is 13.3. The van der Waals surface area contributed by atoms with E-state index in [1.165, 1.54) is 9.42 Å². The second kappa shape index (κ2) is 8.62. The first-order valence-corrected chi connectivity index (χ1v) is 12.5. The van der Waals surface area contributed by atoms with Gasteiger partial charge in [-0.25, -0.2) is 4.79 Å². The van der Waals surface area contributed by atoms with Gasteiger partial charge in [-0.15, -0.1) is 5.10 Å². The average molecular weight is 472 g/mol. The van der Waals surface area contributed by atoms with E-state index in [-0.39, 0.29) is 21.1 Å². The SMILES string of the molecule is Cc1c(N2CCN(C(=O)O)CC2)c(=O)n2nc(Br)nc2n1COCC[Si+](C)C. The lowest BCUT2D eigenvalue weighted by Gasteiger charge is -2.35. The van der Waals surface area contributed by atoms with Gasteiger partial charge in [-0.1, -0.05) is 0 Å². The molecule has 12 heteroatoms. The first kappa shape index (κ1) is 20.8. The number of hydrogen-bond donors (Lipinski definition) is 1. The topological polar surface area (TPSA) is 105 Å². The van der Waals surface area contributed by atoms with Crippen LogP contribution in [0, 0.1) is 6.92 Å². The van der Waals surface area contributed by atoms with Gasteiger partial charge >= 0.3 is 14.9 Å². The fourth-order valence-electron chi connectivity index (χ4n) is 3.20. The highest BCUT2D eigenvalue weighted by atomic mass is 79.9. The quantitative estimate of drug-likeness (QED) is 0.502. The summed E-state index contributed by atoms with van der Waals surface area (Å²) in [6.07, 6.45) is -0.939. The van der Waals surface area contributed by atoms with Gasteiger partial charge in [0.05, 0.1) is 25.7 Å². The molecule has 0 radical (unpaired) electrons. The number of rotatable bonds is 6. The summed E-state index contributed by atoms with van der Waals surface area (Å²) in [5.74, 6) is 0.417. The third-order valence-electron chi connectivity index (χ3n) is 4.78. The number of amides is 1. The summed E-state index contributed by atoms with van der Waals surface area (Å²) in [6.45, 7) is 8.86. The van der Waals surface area contributed by atoms with E-state index < -0.39 is 6.09 Å². The second-order valence-corrected chi connectivity index (χ2v) is 10.6. The number of halogens is 1. The van der Waals surface area contributed by atoms with Gasteiger partial charge < -0.3 is 19.6 Å². The Morgan fingerprint density at radius 3 is 2.57 bits per heavy atom. The maximum absolute atomic E-state index is 13.1. The van der Waals surface area contributed by atoms with Crippen molar-refractivity contribution in [2.45, 2.75) is 32.8 Å². The van der Waals surface area contributed by atoms with Crippen molar-refractivity contribution in [1.82, 2.24) is 24.1 Å². The molecule has 0 spiro atoms. The van der Waals surface area contributed by atoms with Crippen LogP contribution in [0.3, 0.4) is 0 Å². The highest BCUT2D eigenvalue weighted by molar-refractivity contribution is 9.10. The molecule has 10 nitrogen and oxygen atoms in total. The lowest BCUT2D eigenvalue weighted by molar-refractivity contribution is 0.0876. The van der Waals surface area contributed by atoms with Gasteiger partial charge in [0.25, 0.3) is 5.56 Å². The van der Waals surface area contributed by atoms with E-state index in [9.17, 15) is 9.59 Å². The molecule has 152 valence electrons. The van der Waals surface area contributed by atoms with Crippen molar-refractivity contribution in [3.63, 3.8) is 0 Å². The number of aromatic nitrogens is 4. The fraction of sp³-hybridized carbons (Fsp3) is 0.625. The molecule has 2 aromatic heterocycles. The van der Waals surface area contributed by atoms with Crippen molar-refractivity contribution in [3.8, 4) is 0 Å². The van der Waals surface area contributed by atoms with Crippen LogP contribution in [-0.4, -0.2) is 76.8 Å². The van der Waals surface area contributed by atoms with Gasteiger partial charge in [-0.3, -0.25) is 9.36 Å². The minimum absolute atomic E-state index is 0.265. The highest BCUT2D eigenvalue weighted by Crippen LogP contribution is 2.20. The maximum Gasteiger partial charge on any atom is 0.407 e. The molecule has 3 rings (SSSR count). The van der Waals surface area contributed by atoms with Gasteiger partial charge in [-0.2, -0.15) is 9.50 Å². The van der Waals surface area contributed by atoms with E-state index >= 15 is 0 Å². The minimum Gasteiger partial charge on any atom is -0.465 e. The van der Waals surface area contributed by atoms with Crippen molar-refractivity contribution in [3.05, 3.63) is 20.8 Å². The molecule has 1 saturated heterocycles. The van der Waals surface area contributed by atoms with E-state index in [2.05, 4.69) is 39.1 Å². The third-order valence-corrected chi connectivity index (χ3v) is 6.32. The summed E-state index contributed by atoms with van der Waals surface area (Å²) < 4.78 is 9.29. The molecular formula is C16H24BrN6O4Si+. The van der Waals surface area contributed by atoms with E-state index in [1.54, 1.807) is 0 Å². The second-order valence-electron chi connectivity index (χ2n) is 7.01. The first-order valence-electron chi connectivity index (χ1n) is 9.05. The molecule has 0 aromatic carbocycles. The van der Waals surface area contributed by atoms with Crippen molar-refractivity contribution < 1.29 is 14.6 Å².